The Morgan fingerprint density at radius 1 is 1.30 bits per heavy atom. The summed E-state index contributed by atoms with van der Waals surface area (Å²) in [6, 6.07) is 8.56. The molecule has 104 valence electrons. The highest BCUT2D eigenvalue weighted by molar-refractivity contribution is 9.10. The molecule has 0 aliphatic heterocycles. The van der Waals surface area contributed by atoms with E-state index < -0.39 is 10.7 Å². The molecule has 0 amide bonds. The Bertz CT molecular complexity index is 666. The molecule has 20 heavy (non-hydrogen) atoms. The molecule has 0 saturated heterocycles. The van der Waals surface area contributed by atoms with Gasteiger partial charge in [0, 0.05) is 17.2 Å². The molecule has 0 atom stereocenters. The number of ether oxygens (including phenoxy) is 1. The zero-order valence-electron chi connectivity index (χ0n) is 9.98. The van der Waals surface area contributed by atoms with Gasteiger partial charge >= 0.3 is 0 Å². The van der Waals surface area contributed by atoms with Gasteiger partial charge in [0.1, 0.15) is 18.2 Å². The SMILES string of the molecule is O=[N+]([O-])c1cc(Cl)ccc1COc1ccc(Br)c(F)c1. The maximum Gasteiger partial charge on any atom is 0.277 e. The Morgan fingerprint density at radius 2 is 2.05 bits per heavy atom. The Hall–Kier alpha value is -1.66. The molecule has 0 N–H and O–H groups in total. The maximum absolute atomic E-state index is 13.3. The molecular formula is C13H8BrClFNO3. The van der Waals surface area contributed by atoms with Gasteiger partial charge in [-0.2, -0.15) is 0 Å². The van der Waals surface area contributed by atoms with Gasteiger partial charge in [0.15, 0.2) is 0 Å². The second kappa shape index (κ2) is 6.19. The minimum atomic E-state index is -0.535. The van der Waals surface area contributed by atoms with Gasteiger partial charge in [-0.15, -0.1) is 0 Å². The molecule has 0 heterocycles. The topological polar surface area (TPSA) is 52.4 Å². The van der Waals surface area contributed by atoms with Crippen LogP contribution in [0, 0.1) is 15.9 Å². The normalized spacial score (nSPS) is 10.3. The minimum absolute atomic E-state index is 0.0471. The Kier molecular flexibility index (Phi) is 4.57. The highest BCUT2D eigenvalue weighted by atomic mass is 79.9. The highest BCUT2D eigenvalue weighted by Gasteiger charge is 2.15. The summed E-state index contributed by atoms with van der Waals surface area (Å²) < 4.78 is 19.0. The van der Waals surface area contributed by atoms with Crippen LogP contribution >= 0.6 is 27.5 Å². The van der Waals surface area contributed by atoms with E-state index in [1.54, 1.807) is 6.07 Å². The lowest BCUT2D eigenvalue weighted by Gasteiger charge is -2.07. The van der Waals surface area contributed by atoms with Crippen LogP contribution in [0.15, 0.2) is 40.9 Å². The molecule has 0 bridgehead atoms. The van der Waals surface area contributed by atoms with E-state index in [-0.39, 0.29) is 23.1 Å². The summed E-state index contributed by atoms with van der Waals surface area (Å²) in [5, 5.41) is 11.2. The van der Waals surface area contributed by atoms with Gasteiger partial charge in [0.25, 0.3) is 5.69 Å². The third kappa shape index (κ3) is 3.46. The summed E-state index contributed by atoms with van der Waals surface area (Å²) >= 11 is 8.75. The third-order valence-electron chi connectivity index (χ3n) is 2.53. The highest BCUT2D eigenvalue weighted by Crippen LogP contribution is 2.26. The lowest BCUT2D eigenvalue weighted by molar-refractivity contribution is -0.385. The molecule has 2 aromatic rings. The van der Waals surface area contributed by atoms with Crippen molar-refractivity contribution in [3.8, 4) is 5.75 Å². The Balaban J connectivity index is 2.18. The molecule has 0 aromatic heterocycles. The average molecular weight is 361 g/mol. The summed E-state index contributed by atoms with van der Waals surface area (Å²) in [7, 11) is 0. The number of nitrogens with zero attached hydrogens (tertiary/aromatic N) is 1. The lowest BCUT2D eigenvalue weighted by Crippen LogP contribution is -2.01. The predicted octanol–water partition coefficient (Wildman–Crippen LogP) is 4.73. The molecule has 0 aliphatic carbocycles. The van der Waals surface area contributed by atoms with Crippen LogP contribution in [0.5, 0.6) is 5.75 Å². The van der Waals surface area contributed by atoms with Crippen molar-refractivity contribution >= 4 is 33.2 Å². The molecule has 0 aliphatic rings. The van der Waals surface area contributed by atoms with E-state index in [0.29, 0.717) is 10.0 Å². The first-order valence-corrected chi connectivity index (χ1v) is 6.65. The third-order valence-corrected chi connectivity index (χ3v) is 3.41. The van der Waals surface area contributed by atoms with Crippen LogP contribution < -0.4 is 4.74 Å². The van der Waals surface area contributed by atoms with E-state index in [2.05, 4.69) is 15.9 Å². The fourth-order valence-corrected chi connectivity index (χ4v) is 1.97. The second-order valence-corrected chi connectivity index (χ2v) is 5.19. The summed E-state index contributed by atoms with van der Waals surface area (Å²) in [6.45, 7) is -0.0471. The van der Waals surface area contributed by atoms with Gasteiger partial charge in [-0.3, -0.25) is 10.1 Å². The molecule has 2 rings (SSSR count). The first-order valence-electron chi connectivity index (χ1n) is 5.48. The molecule has 0 fully saturated rings. The van der Waals surface area contributed by atoms with Crippen LogP contribution in [-0.4, -0.2) is 4.92 Å². The van der Waals surface area contributed by atoms with Crippen LogP contribution in [0.3, 0.4) is 0 Å². The predicted molar refractivity (Wildman–Crippen MR) is 76.5 cm³/mol. The fourth-order valence-electron chi connectivity index (χ4n) is 1.56. The fraction of sp³-hybridized carbons (Fsp3) is 0.0769. The number of nitro groups is 1. The Morgan fingerprint density at radius 3 is 2.70 bits per heavy atom. The van der Waals surface area contributed by atoms with Crippen molar-refractivity contribution in [2.24, 2.45) is 0 Å². The second-order valence-electron chi connectivity index (χ2n) is 3.89. The van der Waals surface area contributed by atoms with E-state index >= 15 is 0 Å². The van der Waals surface area contributed by atoms with Gasteiger partial charge in [0.05, 0.1) is 15.0 Å². The van der Waals surface area contributed by atoms with Gasteiger partial charge < -0.3 is 4.74 Å². The van der Waals surface area contributed by atoms with Crippen LogP contribution in [0.2, 0.25) is 5.02 Å². The summed E-state index contributed by atoms with van der Waals surface area (Å²) in [5.41, 5.74) is 0.234. The van der Waals surface area contributed by atoms with Crippen molar-refractivity contribution in [1.29, 1.82) is 0 Å². The van der Waals surface area contributed by atoms with Gasteiger partial charge in [0.2, 0.25) is 0 Å². The Labute approximate surface area is 127 Å². The van der Waals surface area contributed by atoms with Gasteiger partial charge in [-0.05, 0) is 40.2 Å². The van der Waals surface area contributed by atoms with Crippen molar-refractivity contribution in [2.75, 3.05) is 0 Å². The monoisotopic (exact) mass is 359 g/mol. The number of halogens is 3. The van der Waals surface area contributed by atoms with Crippen molar-refractivity contribution in [3.63, 3.8) is 0 Å². The summed E-state index contributed by atoms with van der Waals surface area (Å²) in [5.74, 6) is -0.178. The first kappa shape index (κ1) is 14.7. The molecule has 0 saturated carbocycles. The van der Waals surface area contributed by atoms with E-state index in [4.69, 9.17) is 16.3 Å². The number of rotatable bonds is 4. The number of hydrogen-bond donors (Lipinski definition) is 0. The lowest BCUT2D eigenvalue weighted by atomic mass is 10.2. The van der Waals surface area contributed by atoms with E-state index in [0.717, 1.165) is 0 Å². The largest absolute Gasteiger partial charge is 0.489 e. The van der Waals surface area contributed by atoms with E-state index in [9.17, 15) is 14.5 Å². The minimum Gasteiger partial charge on any atom is -0.489 e. The average Bonchev–Trinajstić information content (AvgIpc) is 2.41. The molecule has 0 radical (unpaired) electrons. The van der Waals surface area contributed by atoms with Gasteiger partial charge in [-0.1, -0.05) is 11.6 Å². The van der Waals surface area contributed by atoms with E-state index in [1.807, 2.05) is 0 Å². The standard InChI is InChI=1S/C13H8BrClFNO3/c14-11-4-3-10(6-12(11)16)20-7-8-1-2-9(15)5-13(8)17(18)19/h1-6H,7H2. The molecule has 2 aromatic carbocycles. The van der Waals surface area contributed by atoms with Gasteiger partial charge in [-0.25, -0.2) is 4.39 Å². The van der Waals surface area contributed by atoms with Crippen molar-refractivity contribution < 1.29 is 14.1 Å². The molecule has 0 unspecified atom stereocenters. The number of benzene rings is 2. The maximum atomic E-state index is 13.3. The number of hydrogen-bond acceptors (Lipinski definition) is 3. The zero-order chi connectivity index (χ0) is 14.7. The molecular weight excluding hydrogens is 353 g/mol. The quantitative estimate of drug-likeness (QED) is 0.585. The van der Waals surface area contributed by atoms with Crippen LogP contribution in [0.25, 0.3) is 0 Å². The van der Waals surface area contributed by atoms with Crippen LogP contribution in [0.1, 0.15) is 5.56 Å². The molecule has 4 nitrogen and oxygen atoms in total. The number of nitro benzene ring substituents is 1. The van der Waals surface area contributed by atoms with Crippen LogP contribution in [0.4, 0.5) is 10.1 Å². The molecule has 0 spiro atoms. The molecule has 7 heteroatoms. The smallest absolute Gasteiger partial charge is 0.277 e. The van der Waals surface area contributed by atoms with E-state index in [1.165, 1.54) is 30.3 Å². The summed E-state index contributed by atoms with van der Waals surface area (Å²) in [6.07, 6.45) is 0. The van der Waals surface area contributed by atoms with Crippen molar-refractivity contribution in [3.05, 3.63) is 67.4 Å². The first-order chi connectivity index (χ1) is 9.47. The zero-order valence-corrected chi connectivity index (χ0v) is 12.3. The summed E-state index contributed by atoms with van der Waals surface area (Å²) in [4.78, 5) is 10.4. The van der Waals surface area contributed by atoms with Crippen LogP contribution in [-0.2, 0) is 6.61 Å². The van der Waals surface area contributed by atoms with Crippen molar-refractivity contribution in [2.45, 2.75) is 6.61 Å². The van der Waals surface area contributed by atoms with Crippen molar-refractivity contribution in [1.82, 2.24) is 0 Å².